The third-order valence-corrected chi connectivity index (χ3v) is 5.69. The van der Waals surface area contributed by atoms with Crippen molar-refractivity contribution in [3.05, 3.63) is 35.4 Å². The number of benzene rings is 1. The van der Waals surface area contributed by atoms with Crippen molar-refractivity contribution in [3.63, 3.8) is 0 Å². The van der Waals surface area contributed by atoms with E-state index in [2.05, 4.69) is 38.1 Å². The van der Waals surface area contributed by atoms with Gasteiger partial charge in [-0.15, -0.1) is 0 Å². The molecular formula is C26H46. The van der Waals surface area contributed by atoms with Crippen LogP contribution in [-0.4, -0.2) is 0 Å². The molecule has 0 nitrogen and oxygen atoms in total. The quantitative estimate of drug-likeness (QED) is 0.229. The Bertz CT molecular complexity index is 389. The molecule has 1 aromatic rings. The highest BCUT2D eigenvalue weighted by Gasteiger charge is 1.96. The molecule has 0 aromatic heterocycles. The Morgan fingerprint density at radius 1 is 0.462 bits per heavy atom. The van der Waals surface area contributed by atoms with Gasteiger partial charge in [0.15, 0.2) is 0 Å². The molecule has 0 heterocycles. The van der Waals surface area contributed by atoms with Crippen LogP contribution >= 0.6 is 0 Å². The average molecular weight is 359 g/mol. The Morgan fingerprint density at radius 3 is 1.19 bits per heavy atom. The van der Waals surface area contributed by atoms with Crippen molar-refractivity contribution in [2.45, 2.75) is 129 Å². The van der Waals surface area contributed by atoms with E-state index in [1.54, 1.807) is 0 Å². The minimum atomic E-state index is 1.26. The summed E-state index contributed by atoms with van der Waals surface area (Å²) in [7, 11) is 0. The Hall–Kier alpha value is -0.780. The summed E-state index contributed by atoms with van der Waals surface area (Å²) in [6.45, 7) is 4.46. The first kappa shape index (κ1) is 23.3. The fourth-order valence-electron chi connectivity index (χ4n) is 3.81. The van der Waals surface area contributed by atoms with Crippen LogP contribution in [0.2, 0.25) is 0 Å². The average Bonchev–Trinajstić information content (AvgIpc) is 2.66. The first-order chi connectivity index (χ1) is 12.8. The van der Waals surface area contributed by atoms with Gasteiger partial charge in [0.2, 0.25) is 0 Å². The summed E-state index contributed by atoms with van der Waals surface area (Å²) in [5.41, 5.74) is 2.88. The van der Waals surface area contributed by atoms with Crippen molar-refractivity contribution in [1.82, 2.24) is 0 Å². The number of rotatable bonds is 18. The van der Waals surface area contributed by atoms with Crippen LogP contribution in [0.4, 0.5) is 0 Å². The summed E-state index contributed by atoms with van der Waals surface area (Å²) in [4.78, 5) is 0. The molecule has 0 saturated carbocycles. The van der Waals surface area contributed by atoms with Gasteiger partial charge in [-0.25, -0.2) is 0 Å². The van der Waals surface area contributed by atoms with Crippen molar-refractivity contribution < 1.29 is 0 Å². The predicted octanol–water partition coefficient (Wildman–Crippen LogP) is 9.19. The Morgan fingerprint density at radius 2 is 0.808 bits per heavy atom. The fraction of sp³-hybridized carbons (Fsp3) is 0.769. The van der Waals surface area contributed by atoms with Crippen LogP contribution < -0.4 is 0 Å². The Labute approximate surface area is 165 Å². The van der Waals surface area contributed by atoms with Crippen molar-refractivity contribution in [3.8, 4) is 0 Å². The maximum atomic E-state index is 2.30. The van der Waals surface area contributed by atoms with E-state index in [4.69, 9.17) is 0 Å². The lowest BCUT2D eigenvalue weighted by molar-refractivity contribution is 0.527. The van der Waals surface area contributed by atoms with Gasteiger partial charge in [0.05, 0.1) is 0 Å². The number of unbranched alkanes of at least 4 members (excludes halogenated alkanes) is 16. The van der Waals surface area contributed by atoms with E-state index >= 15 is 0 Å². The third kappa shape index (κ3) is 14.4. The van der Waals surface area contributed by atoms with Crippen LogP contribution in [0.1, 0.15) is 127 Å². The molecule has 0 atom stereocenters. The van der Waals surface area contributed by atoms with E-state index < -0.39 is 0 Å². The molecule has 150 valence electrons. The molecule has 0 spiro atoms. The summed E-state index contributed by atoms with van der Waals surface area (Å²) in [6, 6.07) is 9.06. The number of hydrogen-bond donors (Lipinski definition) is 0. The van der Waals surface area contributed by atoms with Gasteiger partial charge in [0, 0.05) is 0 Å². The topological polar surface area (TPSA) is 0 Å². The van der Waals surface area contributed by atoms with E-state index in [0.29, 0.717) is 0 Å². The van der Waals surface area contributed by atoms with Gasteiger partial charge in [-0.2, -0.15) is 0 Å². The summed E-state index contributed by atoms with van der Waals surface area (Å²) in [6.07, 6.45) is 25.9. The predicted molar refractivity (Wildman–Crippen MR) is 119 cm³/mol. The Kier molecular flexibility index (Phi) is 15.8. The lowest BCUT2D eigenvalue weighted by Crippen LogP contribution is -1.87. The van der Waals surface area contributed by atoms with E-state index in [9.17, 15) is 0 Å². The Balaban J connectivity index is 1.72. The molecule has 0 aliphatic carbocycles. The second-order valence-electron chi connectivity index (χ2n) is 8.39. The zero-order chi connectivity index (χ0) is 18.7. The highest BCUT2D eigenvalue weighted by molar-refractivity contribution is 5.21. The zero-order valence-corrected chi connectivity index (χ0v) is 18.0. The SMILES string of the molecule is CCCCCCCCCCCCCCCCCCCc1ccc(C)cc1. The van der Waals surface area contributed by atoms with E-state index in [1.165, 1.54) is 127 Å². The van der Waals surface area contributed by atoms with Gasteiger partial charge in [-0.05, 0) is 25.3 Å². The van der Waals surface area contributed by atoms with Crippen LogP contribution in [0, 0.1) is 6.92 Å². The van der Waals surface area contributed by atoms with Crippen molar-refractivity contribution in [2.24, 2.45) is 0 Å². The zero-order valence-electron chi connectivity index (χ0n) is 18.0. The second-order valence-corrected chi connectivity index (χ2v) is 8.39. The lowest BCUT2D eigenvalue weighted by Gasteiger charge is -2.04. The number of hydrogen-bond acceptors (Lipinski definition) is 0. The molecule has 0 saturated heterocycles. The standard InChI is InChI=1S/C26H46/c1-3-4-5-6-7-8-9-10-11-12-13-14-15-16-17-18-19-20-26-23-21-25(2)22-24-26/h21-24H,3-20H2,1-2H3. The summed E-state index contributed by atoms with van der Waals surface area (Å²) in [5.74, 6) is 0. The van der Waals surface area contributed by atoms with Crippen LogP contribution in [0.25, 0.3) is 0 Å². The van der Waals surface area contributed by atoms with Crippen molar-refractivity contribution in [1.29, 1.82) is 0 Å². The molecule has 0 aliphatic heterocycles. The maximum Gasteiger partial charge on any atom is -0.0279 e. The molecule has 0 unspecified atom stereocenters. The van der Waals surface area contributed by atoms with Crippen molar-refractivity contribution in [2.75, 3.05) is 0 Å². The van der Waals surface area contributed by atoms with Gasteiger partial charge in [0.25, 0.3) is 0 Å². The summed E-state index contributed by atoms with van der Waals surface area (Å²) < 4.78 is 0. The molecule has 1 aromatic carbocycles. The summed E-state index contributed by atoms with van der Waals surface area (Å²) >= 11 is 0. The molecule has 0 heteroatoms. The monoisotopic (exact) mass is 358 g/mol. The first-order valence-electron chi connectivity index (χ1n) is 11.9. The van der Waals surface area contributed by atoms with Gasteiger partial charge in [-0.1, -0.05) is 139 Å². The van der Waals surface area contributed by atoms with Crippen LogP contribution in [0.5, 0.6) is 0 Å². The minimum absolute atomic E-state index is 1.26. The van der Waals surface area contributed by atoms with E-state index in [0.717, 1.165) is 0 Å². The number of aryl methyl sites for hydroxylation is 2. The van der Waals surface area contributed by atoms with Crippen LogP contribution in [0.3, 0.4) is 0 Å². The normalized spacial score (nSPS) is 11.2. The maximum absolute atomic E-state index is 2.30. The van der Waals surface area contributed by atoms with E-state index in [-0.39, 0.29) is 0 Å². The highest BCUT2D eigenvalue weighted by Crippen LogP contribution is 2.15. The van der Waals surface area contributed by atoms with Crippen molar-refractivity contribution >= 4 is 0 Å². The van der Waals surface area contributed by atoms with Crippen LogP contribution in [0.15, 0.2) is 24.3 Å². The lowest BCUT2D eigenvalue weighted by atomic mass is 10.0. The molecule has 0 N–H and O–H groups in total. The molecule has 0 bridgehead atoms. The second kappa shape index (κ2) is 17.6. The molecule has 0 radical (unpaired) electrons. The van der Waals surface area contributed by atoms with Crippen LogP contribution in [-0.2, 0) is 6.42 Å². The largest absolute Gasteiger partial charge is 0.0654 e. The summed E-state index contributed by atoms with van der Waals surface area (Å²) in [5, 5.41) is 0. The molecular weight excluding hydrogens is 312 g/mol. The molecule has 0 amide bonds. The van der Waals surface area contributed by atoms with E-state index in [1.807, 2.05) is 0 Å². The fourth-order valence-corrected chi connectivity index (χ4v) is 3.81. The van der Waals surface area contributed by atoms with Gasteiger partial charge in [-0.3, -0.25) is 0 Å². The van der Waals surface area contributed by atoms with Gasteiger partial charge >= 0.3 is 0 Å². The van der Waals surface area contributed by atoms with Gasteiger partial charge in [0.1, 0.15) is 0 Å². The van der Waals surface area contributed by atoms with Gasteiger partial charge < -0.3 is 0 Å². The molecule has 1 rings (SSSR count). The molecule has 0 fully saturated rings. The third-order valence-electron chi connectivity index (χ3n) is 5.69. The molecule has 0 aliphatic rings. The smallest absolute Gasteiger partial charge is 0.0279 e. The minimum Gasteiger partial charge on any atom is -0.0654 e. The first-order valence-corrected chi connectivity index (χ1v) is 11.9. The molecule has 26 heavy (non-hydrogen) atoms. The highest BCUT2D eigenvalue weighted by atomic mass is 14.0.